The van der Waals surface area contributed by atoms with Crippen LogP contribution < -0.4 is 0 Å². The van der Waals surface area contributed by atoms with Gasteiger partial charge in [0.1, 0.15) is 0 Å². The smallest absolute Gasteiger partial charge is 0.233 e. The van der Waals surface area contributed by atoms with Gasteiger partial charge in [-0.3, -0.25) is 10.0 Å². The maximum Gasteiger partial charge on any atom is 0.233 e. The summed E-state index contributed by atoms with van der Waals surface area (Å²) < 4.78 is 25.0. The van der Waals surface area contributed by atoms with Gasteiger partial charge >= 0.3 is 0 Å². The molecule has 0 saturated heterocycles. The van der Waals surface area contributed by atoms with E-state index >= 15 is 0 Å². The van der Waals surface area contributed by atoms with Crippen LogP contribution in [0.2, 0.25) is 5.02 Å². The van der Waals surface area contributed by atoms with Crippen molar-refractivity contribution in [3.8, 4) is 11.1 Å². The van der Waals surface area contributed by atoms with Gasteiger partial charge in [-0.05, 0) is 41.8 Å². The average molecular weight is 384 g/mol. The van der Waals surface area contributed by atoms with Crippen LogP contribution in [0.25, 0.3) is 11.1 Å². The highest BCUT2D eigenvalue weighted by atomic mass is 35.5. The Bertz CT molecular complexity index is 806. The van der Waals surface area contributed by atoms with Crippen molar-refractivity contribution in [2.45, 2.75) is 17.4 Å². The predicted octanol–water partition coefficient (Wildman–Crippen LogP) is 2.38. The van der Waals surface area contributed by atoms with E-state index in [-0.39, 0.29) is 29.4 Å². The van der Waals surface area contributed by atoms with Crippen LogP contribution in [0.5, 0.6) is 0 Å². The first-order valence-electron chi connectivity index (χ1n) is 7.49. The van der Waals surface area contributed by atoms with E-state index in [0.29, 0.717) is 5.02 Å². The number of hydrogen-bond acceptors (Lipinski definition) is 5. The standard InChI is InChI=1S/C17H18ClNO5S/c18-15-5-1-13(2-6-15)14-3-7-17(8-4-14)25(23,24)11-16(9-10-20)19(22)12-21/h1-8,12,16,20,22H,9-11H2. The maximum atomic E-state index is 12.5. The Hall–Kier alpha value is -1.93. The maximum absolute atomic E-state index is 12.5. The summed E-state index contributed by atoms with van der Waals surface area (Å²) in [5.41, 5.74) is 1.73. The highest BCUT2D eigenvalue weighted by Crippen LogP contribution is 2.24. The molecule has 0 spiro atoms. The van der Waals surface area contributed by atoms with Gasteiger partial charge in [0.25, 0.3) is 0 Å². The number of benzene rings is 2. The number of hydroxylamine groups is 2. The molecule has 0 aliphatic heterocycles. The molecule has 1 amide bonds. The lowest BCUT2D eigenvalue weighted by atomic mass is 10.1. The van der Waals surface area contributed by atoms with E-state index in [1.54, 1.807) is 24.3 Å². The molecule has 2 N–H and O–H groups in total. The zero-order valence-electron chi connectivity index (χ0n) is 13.2. The van der Waals surface area contributed by atoms with E-state index in [1.165, 1.54) is 12.1 Å². The molecule has 0 fully saturated rings. The normalized spacial score (nSPS) is 12.6. The number of sulfone groups is 1. The molecular weight excluding hydrogens is 366 g/mol. The number of nitrogens with zero attached hydrogens (tertiary/aromatic N) is 1. The number of carbonyl (C=O) groups is 1. The molecule has 0 heterocycles. The fourth-order valence-corrected chi connectivity index (χ4v) is 4.07. The van der Waals surface area contributed by atoms with Gasteiger partial charge in [-0.1, -0.05) is 35.9 Å². The van der Waals surface area contributed by atoms with Crippen molar-refractivity contribution in [1.29, 1.82) is 0 Å². The Balaban J connectivity index is 2.21. The van der Waals surface area contributed by atoms with E-state index in [4.69, 9.17) is 16.7 Å². The predicted molar refractivity (Wildman–Crippen MR) is 94.1 cm³/mol. The Morgan fingerprint density at radius 3 is 2.04 bits per heavy atom. The molecule has 25 heavy (non-hydrogen) atoms. The quantitative estimate of drug-likeness (QED) is 0.414. The molecule has 0 aromatic heterocycles. The second kappa shape index (κ2) is 8.44. The van der Waals surface area contributed by atoms with Crippen LogP contribution >= 0.6 is 11.6 Å². The third kappa shape index (κ3) is 5.02. The first-order valence-corrected chi connectivity index (χ1v) is 9.52. The number of amides is 1. The zero-order valence-corrected chi connectivity index (χ0v) is 14.8. The zero-order chi connectivity index (χ0) is 18.4. The van der Waals surface area contributed by atoms with E-state index < -0.39 is 21.6 Å². The number of hydrogen-bond donors (Lipinski definition) is 2. The Kier molecular flexibility index (Phi) is 6.55. The van der Waals surface area contributed by atoms with Gasteiger partial charge in [0, 0.05) is 11.6 Å². The molecule has 0 bridgehead atoms. The molecule has 8 heteroatoms. The first kappa shape index (κ1) is 19.4. The molecular formula is C17H18ClNO5S. The fraction of sp³-hybridized carbons (Fsp3) is 0.235. The van der Waals surface area contributed by atoms with Crippen LogP contribution in [-0.2, 0) is 14.6 Å². The summed E-state index contributed by atoms with van der Waals surface area (Å²) in [5.74, 6) is -0.483. The van der Waals surface area contributed by atoms with Gasteiger partial charge in [-0.25, -0.2) is 13.5 Å². The van der Waals surface area contributed by atoms with Gasteiger partial charge in [-0.15, -0.1) is 0 Å². The molecule has 2 aromatic rings. The van der Waals surface area contributed by atoms with Crippen LogP contribution in [0.4, 0.5) is 0 Å². The minimum atomic E-state index is -3.74. The Labute approximate surface area is 151 Å². The lowest BCUT2D eigenvalue weighted by molar-refractivity contribution is -0.159. The van der Waals surface area contributed by atoms with Crippen molar-refractivity contribution >= 4 is 27.8 Å². The van der Waals surface area contributed by atoms with Crippen LogP contribution in [0.1, 0.15) is 6.42 Å². The summed E-state index contributed by atoms with van der Waals surface area (Å²) >= 11 is 5.85. The summed E-state index contributed by atoms with van der Waals surface area (Å²) in [6, 6.07) is 12.4. The first-order chi connectivity index (χ1) is 11.9. The number of carbonyl (C=O) groups excluding carboxylic acids is 1. The Morgan fingerprint density at radius 1 is 1.04 bits per heavy atom. The lowest BCUT2D eigenvalue weighted by Crippen LogP contribution is -2.37. The molecule has 2 aromatic carbocycles. The van der Waals surface area contributed by atoms with Crippen LogP contribution in [0.3, 0.4) is 0 Å². The monoisotopic (exact) mass is 383 g/mol. The van der Waals surface area contributed by atoms with Crippen molar-refractivity contribution in [3.63, 3.8) is 0 Å². The molecule has 1 unspecified atom stereocenters. The second-order valence-corrected chi connectivity index (χ2v) is 7.93. The molecule has 0 aliphatic rings. The highest BCUT2D eigenvalue weighted by Gasteiger charge is 2.25. The van der Waals surface area contributed by atoms with Gasteiger partial charge in [0.2, 0.25) is 6.41 Å². The molecule has 0 aliphatic carbocycles. The molecule has 6 nitrogen and oxygen atoms in total. The van der Waals surface area contributed by atoms with E-state index in [2.05, 4.69) is 0 Å². The third-order valence-electron chi connectivity index (χ3n) is 3.75. The highest BCUT2D eigenvalue weighted by molar-refractivity contribution is 7.91. The molecule has 0 radical (unpaired) electrons. The molecule has 1 atom stereocenters. The second-order valence-electron chi connectivity index (χ2n) is 5.46. The van der Waals surface area contributed by atoms with Crippen LogP contribution in [0.15, 0.2) is 53.4 Å². The van der Waals surface area contributed by atoms with E-state index in [1.807, 2.05) is 12.1 Å². The minimum Gasteiger partial charge on any atom is -0.396 e. The summed E-state index contributed by atoms with van der Waals surface area (Å²) in [5, 5.41) is 19.3. The van der Waals surface area contributed by atoms with E-state index in [0.717, 1.165) is 11.1 Å². The van der Waals surface area contributed by atoms with Gasteiger partial charge in [-0.2, -0.15) is 0 Å². The number of rotatable bonds is 8. The van der Waals surface area contributed by atoms with Crippen molar-refractivity contribution in [2.75, 3.05) is 12.4 Å². The number of aliphatic hydroxyl groups is 1. The SMILES string of the molecule is O=CN(O)C(CCO)CS(=O)(=O)c1ccc(-c2ccc(Cl)cc2)cc1. The van der Waals surface area contributed by atoms with Crippen molar-refractivity contribution < 1.29 is 23.5 Å². The summed E-state index contributed by atoms with van der Waals surface area (Å²) in [6.45, 7) is -0.347. The number of halogens is 1. The van der Waals surface area contributed by atoms with Crippen molar-refractivity contribution in [1.82, 2.24) is 5.06 Å². The Morgan fingerprint density at radius 2 is 1.56 bits per heavy atom. The summed E-state index contributed by atoms with van der Waals surface area (Å²) in [6.07, 6.45) is 0.0802. The minimum absolute atomic E-state index is 0.0443. The van der Waals surface area contributed by atoms with Gasteiger partial charge in [0.15, 0.2) is 9.84 Å². The molecule has 0 saturated carbocycles. The largest absolute Gasteiger partial charge is 0.396 e. The molecule has 134 valence electrons. The van der Waals surface area contributed by atoms with E-state index in [9.17, 15) is 18.4 Å². The average Bonchev–Trinajstić information content (AvgIpc) is 2.61. The van der Waals surface area contributed by atoms with Crippen LogP contribution in [-0.4, -0.2) is 48.6 Å². The summed E-state index contributed by atoms with van der Waals surface area (Å²) in [7, 11) is -3.74. The van der Waals surface area contributed by atoms with Crippen molar-refractivity contribution in [2.24, 2.45) is 0 Å². The third-order valence-corrected chi connectivity index (χ3v) is 5.81. The number of aliphatic hydroxyl groups excluding tert-OH is 1. The van der Waals surface area contributed by atoms with Gasteiger partial charge in [0.05, 0.1) is 16.7 Å². The summed E-state index contributed by atoms with van der Waals surface area (Å²) in [4.78, 5) is 10.7. The van der Waals surface area contributed by atoms with Crippen molar-refractivity contribution in [3.05, 3.63) is 53.6 Å². The topological polar surface area (TPSA) is 94.9 Å². The van der Waals surface area contributed by atoms with Gasteiger partial charge < -0.3 is 5.11 Å². The lowest BCUT2D eigenvalue weighted by Gasteiger charge is -2.21. The van der Waals surface area contributed by atoms with Crippen LogP contribution in [0, 0.1) is 0 Å². The molecule has 2 rings (SSSR count). The fourth-order valence-electron chi connectivity index (χ4n) is 2.37.